The number of nitrogens with zero attached hydrogens (tertiary/aromatic N) is 2. The highest BCUT2D eigenvalue weighted by Crippen LogP contribution is 2.33. The third-order valence-corrected chi connectivity index (χ3v) is 5.21. The third kappa shape index (κ3) is 2.85. The van der Waals surface area contributed by atoms with Crippen LogP contribution >= 0.6 is 0 Å². The molecule has 0 atom stereocenters. The first kappa shape index (κ1) is 16.7. The van der Waals surface area contributed by atoms with E-state index in [4.69, 9.17) is 14.7 Å². The number of benzene rings is 3. The molecular weight excluding hydrogens is 344 g/mol. The van der Waals surface area contributed by atoms with Crippen molar-refractivity contribution in [2.24, 2.45) is 0 Å². The lowest BCUT2D eigenvalue weighted by molar-refractivity contribution is 0.415. The zero-order chi connectivity index (χ0) is 18.9. The van der Waals surface area contributed by atoms with Crippen LogP contribution in [0, 0.1) is 0 Å². The van der Waals surface area contributed by atoms with Gasteiger partial charge in [0.05, 0.1) is 18.3 Å². The molecule has 3 heteroatoms. The Morgan fingerprint density at radius 3 is 2.46 bits per heavy atom. The lowest BCUT2D eigenvalue weighted by atomic mass is 10.0. The van der Waals surface area contributed by atoms with E-state index in [0.29, 0.717) is 0 Å². The lowest BCUT2D eigenvalue weighted by Gasteiger charge is -2.13. The quantitative estimate of drug-likeness (QED) is 0.406. The van der Waals surface area contributed by atoms with Gasteiger partial charge in [-0.15, -0.1) is 0 Å². The van der Waals surface area contributed by atoms with Crippen molar-refractivity contribution < 1.29 is 4.74 Å². The highest BCUT2D eigenvalue weighted by atomic mass is 16.5. The maximum absolute atomic E-state index is 5.32. The SMILES string of the molecule is COc1ccc(-c2nc(C3=CCCC=C3)nc3c2ccc2ccccc23)cc1. The van der Waals surface area contributed by atoms with Crippen molar-refractivity contribution >= 4 is 27.2 Å². The zero-order valence-corrected chi connectivity index (χ0v) is 15.7. The van der Waals surface area contributed by atoms with Crippen LogP contribution in [0.3, 0.4) is 0 Å². The summed E-state index contributed by atoms with van der Waals surface area (Å²) in [6, 6.07) is 20.7. The minimum Gasteiger partial charge on any atom is -0.497 e. The Morgan fingerprint density at radius 2 is 1.68 bits per heavy atom. The standard InChI is InChI=1S/C25H20N2O/c1-28-20-14-11-18(12-15-20)23-22-16-13-17-7-5-6-10-21(17)24(22)27-25(26-23)19-8-3-2-4-9-19/h3,5-16H,2,4H2,1H3. The molecule has 3 aromatic carbocycles. The summed E-state index contributed by atoms with van der Waals surface area (Å²) in [5.41, 5.74) is 4.10. The van der Waals surface area contributed by atoms with Crippen LogP contribution in [0.5, 0.6) is 5.75 Å². The van der Waals surface area contributed by atoms with Gasteiger partial charge in [-0.25, -0.2) is 9.97 Å². The van der Waals surface area contributed by atoms with Gasteiger partial charge in [-0.2, -0.15) is 0 Å². The zero-order valence-electron chi connectivity index (χ0n) is 15.7. The van der Waals surface area contributed by atoms with E-state index < -0.39 is 0 Å². The molecule has 0 saturated heterocycles. The van der Waals surface area contributed by atoms with Gasteiger partial charge in [0.15, 0.2) is 5.82 Å². The summed E-state index contributed by atoms with van der Waals surface area (Å²) >= 11 is 0. The largest absolute Gasteiger partial charge is 0.497 e. The number of hydrogen-bond donors (Lipinski definition) is 0. The maximum Gasteiger partial charge on any atom is 0.160 e. The Kier molecular flexibility index (Phi) is 4.13. The van der Waals surface area contributed by atoms with E-state index in [1.54, 1.807) is 7.11 Å². The van der Waals surface area contributed by atoms with Crippen molar-refractivity contribution in [2.45, 2.75) is 12.8 Å². The number of hydrogen-bond acceptors (Lipinski definition) is 3. The van der Waals surface area contributed by atoms with Crippen LogP contribution in [0.1, 0.15) is 18.7 Å². The van der Waals surface area contributed by atoms with Gasteiger partial charge >= 0.3 is 0 Å². The van der Waals surface area contributed by atoms with E-state index in [-0.39, 0.29) is 0 Å². The molecule has 0 unspecified atom stereocenters. The molecular formula is C25H20N2O. The highest BCUT2D eigenvalue weighted by Gasteiger charge is 2.14. The molecule has 0 radical (unpaired) electrons. The van der Waals surface area contributed by atoms with Gasteiger partial charge in [0.25, 0.3) is 0 Å². The lowest BCUT2D eigenvalue weighted by Crippen LogP contribution is -1.99. The fraction of sp³-hybridized carbons (Fsp3) is 0.120. The van der Waals surface area contributed by atoms with Crippen molar-refractivity contribution in [3.8, 4) is 17.0 Å². The number of allylic oxidation sites excluding steroid dienone is 4. The number of ether oxygens (including phenoxy) is 1. The average molecular weight is 364 g/mol. The van der Waals surface area contributed by atoms with Crippen LogP contribution in [-0.2, 0) is 0 Å². The first-order valence-corrected chi connectivity index (χ1v) is 9.54. The van der Waals surface area contributed by atoms with Crippen molar-refractivity contribution in [3.63, 3.8) is 0 Å². The normalized spacial score (nSPS) is 13.7. The Morgan fingerprint density at radius 1 is 0.821 bits per heavy atom. The molecule has 4 aromatic rings. The first-order chi connectivity index (χ1) is 13.8. The smallest absolute Gasteiger partial charge is 0.160 e. The van der Waals surface area contributed by atoms with Crippen LogP contribution in [0.25, 0.3) is 38.5 Å². The fourth-order valence-corrected chi connectivity index (χ4v) is 3.74. The summed E-state index contributed by atoms with van der Waals surface area (Å²) in [5.74, 6) is 1.62. The van der Waals surface area contributed by atoms with Crippen molar-refractivity contribution in [1.82, 2.24) is 9.97 Å². The van der Waals surface area contributed by atoms with Crippen LogP contribution < -0.4 is 4.74 Å². The summed E-state index contributed by atoms with van der Waals surface area (Å²) < 4.78 is 5.32. The molecule has 3 nitrogen and oxygen atoms in total. The van der Waals surface area contributed by atoms with Gasteiger partial charge in [-0.1, -0.05) is 48.6 Å². The number of methoxy groups -OCH3 is 1. The number of fused-ring (bicyclic) bond motifs is 3. The molecule has 0 spiro atoms. The monoisotopic (exact) mass is 364 g/mol. The molecule has 1 heterocycles. The molecule has 28 heavy (non-hydrogen) atoms. The predicted molar refractivity (Wildman–Crippen MR) is 115 cm³/mol. The van der Waals surface area contributed by atoms with Crippen LogP contribution in [0.2, 0.25) is 0 Å². The summed E-state index contributed by atoms with van der Waals surface area (Å²) in [6.45, 7) is 0. The molecule has 136 valence electrons. The van der Waals surface area contributed by atoms with Crippen molar-refractivity contribution in [2.75, 3.05) is 7.11 Å². The fourth-order valence-electron chi connectivity index (χ4n) is 3.74. The summed E-state index contributed by atoms with van der Waals surface area (Å²) in [4.78, 5) is 9.98. The van der Waals surface area contributed by atoms with Gasteiger partial charge in [0.2, 0.25) is 0 Å². The maximum atomic E-state index is 5.32. The second-order valence-electron chi connectivity index (χ2n) is 6.95. The Hall–Kier alpha value is -3.46. The van der Waals surface area contributed by atoms with Gasteiger partial charge in [-0.3, -0.25) is 0 Å². The Balaban J connectivity index is 1.82. The summed E-state index contributed by atoms with van der Waals surface area (Å²) in [6.07, 6.45) is 8.66. The molecule has 0 saturated carbocycles. The molecule has 5 rings (SSSR count). The predicted octanol–water partition coefficient (Wildman–Crippen LogP) is 6.19. The van der Waals surface area contributed by atoms with Crippen LogP contribution in [0.15, 0.2) is 78.9 Å². The third-order valence-electron chi connectivity index (χ3n) is 5.21. The summed E-state index contributed by atoms with van der Waals surface area (Å²) in [5, 5.41) is 3.40. The molecule has 0 amide bonds. The van der Waals surface area contributed by atoms with E-state index in [9.17, 15) is 0 Å². The van der Waals surface area contributed by atoms with Gasteiger partial charge in [0, 0.05) is 21.9 Å². The van der Waals surface area contributed by atoms with Crippen LogP contribution in [0.4, 0.5) is 0 Å². The van der Waals surface area contributed by atoms with E-state index in [2.05, 4.69) is 66.8 Å². The summed E-state index contributed by atoms with van der Waals surface area (Å²) in [7, 11) is 1.68. The topological polar surface area (TPSA) is 35.0 Å². The minimum absolute atomic E-state index is 0.783. The second-order valence-corrected chi connectivity index (χ2v) is 6.95. The number of aromatic nitrogens is 2. The van der Waals surface area contributed by atoms with Crippen molar-refractivity contribution in [3.05, 3.63) is 84.7 Å². The number of rotatable bonds is 3. The molecule has 0 N–H and O–H groups in total. The first-order valence-electron chi connectivity index (χ1n) is 9.54. The Bertz CT molecular complexity index is 1240. The highest BCUT2D eigenvalue weighted by molar-refractivity contribution is 6.09. The molecule has 1 aromatic heterocycles. The van der Waals surface area contributed by atoms with E-state index in [1.165, 1.54) is 5.39 Å². The van der Waals surface area contributed by atoms with Crippen molar-refractivity contribution in [1.29, 1.82) is 0 Å². The molecule has 0 fully saturated rings. The second kappa shape index (κ2) is 6.93. The van der Waals surface area contributed by atoms with E-state index >= 15 is 0 Å². The van der Waals surface area contributed by atoms with Gasteiger partial charge in [0.1, 0.15) is 5.75 Å². The van der Waals surface area contributed by atoms with E-state index in [0.717, 1.165) is 57.5 Å². The molecule has 0 bridgehead atoms. The minimum atomic E-state index is 0.783. The van der Waals surface area contributed by atoms with Crippen LogP contribution in [-0.4, -0.2) is 17.1 Å². The van der Waals surface area contributed by atoms with Gasteiger partial charge in [-0.05, 0) is 48.6 Å². The molecule has 0 aliphatic heterocycles. The molecule has 1 aliphatic rings. The average Bonchev–Trinajstić information content (AvgIpc) is 2.79. The molecule has 1 aliphatic carbocycles. The van der Waals surface area contributed by atoms with E-state index in [1.807, 2.05) is 12.1 Å². The van der Waals surface area contributed by atoms with Gasteiger partial charge < -0.3 is 4.74 Å². The Labute approximate surface area is 164 Å².